The Morgan fingerprint density at radius 2 is 2.57 bits per heavy atom. The lowest BCUT2D eigenvalue weighted by Crippen LogP contribution is -2.27. The van der Waals surface area contributed by atoms with Crippen LogP contribution >= 0.6 is 0 Å². The van der Waals surface area contributed by atoms with Crippen LogP contribution in [-0.2, 0) is 10.8 Å². The van der Waals surface area contributed by atoms with E-state index in [1.165, 1.54) is 0 Å². The minimum atomic E-state index is -0.690. The minimum absolute atomic E-state index is 0.125. The highest BCUT2D eigenvalue weighted by molar-refractivity contribution is 7.85. The van der Waals surface area contributed by atoms with Crippen LogP contribution in [0.2, 0.25) is 0 Å². The summed E-state index contributed by atoms with van der Waals surface area (Å²) in [5.74, 6) is 0.584. The maximum Gasteiger partial charge on any atom is 0.0949 e. The fourth-order valence-electron chi connectivity index (χ4n) is 0.447. The molecule has 0 aromatic rings. The summed E-state index contributed by atoms with van der Waals surface area (Å²) in [5, 5.41) is 0.125. The quantitative estimate of drug-likeness (QED) is 0.437. The molecule has 0 spiro atoms. The predicted molar refractivity (Wildman–Crippen MR) is 28.7 cm³/mol. The van der Waals surface area contributed by atoms with Crippen LogP contribution in [0.4, 0.5) is 0 Å². The molecule has 1 fully saturated rings. The lowest BCUT2D eigenvalue weighted by molar-refractivity contribution is 0.613. The molecule has 4 heteroatoms. The molecular formula is C3H8N2OS. The molecule has 3 nitrogen and oxygen atoms in total. The minimum Gasteiger partial charge on any atom is -0.257 e. The van der Waals surface area contributed by atoms with Crippen molar-refractivity contribution in [2.75, 3.05) is 5.88 Å². The van der Waals surface area contributed by atoms with E-state index in [-0.39, 0.29) is 5.37 Å². The molecule has 0 saturated carbocycles. The van der Waals surface area contributed by atoms with Crippen LogP contribution in [-0.4, -0.2) is 15.5 Å². The molecule has 2 N–H and O–H groups in total. The largest absolute Gasteiger partial charge is 0.257 e. The Morgan fingerprint density at radius 1 is 1.86 bits per heavy atom. The first-order valence-electron chi connectivity index (χ1n) is 2.16. The third-order valence-electron chi connectivity index (χ3n) is 0.914. The van der Waals surface area contributed by atoms with Crippen molar-refractivity contribution in [3.05, 3.63) is 0 Å². The van der Waals surface area contributed by atoms with Crippen LogP contribution in [0.3, 0.4) is 0 Å². The van der Waals surface area contributed by atoms with Crippen molar-refractivity contribution in [2.45, 2.75) is 12.3 Å². The Balaban J connectivity index is 2.48. The maximum atomic E-state index is 10.6. The van der Waals surface area contributed by atoms with Gasteiger partial charge >= 0.3 is 0 Å². The van der Waals surface area contributed by atoms with Crippen LogP contribution in [0.1, 0.15) is 6.92 Å². The summed E-state index contributed by atoms with van der Waals surface area (Å²) in [6, 6.07) is 0. The van der Waals surface area contributed by atoms with Gasteiger partial charge in [-0.15, -0.1) is 0 Å². The van der Waals surface area contributed by atoms with E-state index in [9.17, 15) is 4.21 Å². The summed E-state index contributed by atoms with van der Waals surface area (Å²) < 4.78 is 10.6. The fraction of sp³-hybridized carbons (Fsp3) is 1.00. The van der Waals surface area contributed by atoms with Gasteiger partial charge in [-0.3, -0.25) is 4.21 Å². The molecule has 1 saturated heterocycles. The zero-order valence-corrected chi connectivity index (χ0v) is 4.92. The monoisotopic (exact) mass is 120 g/mol. The van der Waals surface area contributed by atoms with E-state index in [1.54, 1.807) is 0 Å². The topological polar surface area (TPSA) is 41.1 Å². The van der Waals surface area contributed by atoms with E-state index in [2.05, 4.69) is 10.9 Å². The van der Waals surface area contributed by atoms with Gasteiger partial charge in [-0.25, -0.2) is 10.9 Å². The SMILES string of the molecule is CC1NNCS1=O. The number of hydrogen-bond donors (Lipinski definition) is 2. The molecule has 0 radical (unpaired) electrons. The molecule has 0 bridgehead atoms. The molecular weight excluding hydrogens is 112 g/mol. The van der Waals surface area contributed by atoms with Crippen molar-refractivity contribution in [1.82, 2.24) is 10.9 Å². The Morgan fingerprint density at radius 3 is 2.71 bits per heavy atom. The van der Waals surface area contributed by atoms with Gasteiger partial charge in [0.2, 0.25) is 0 Å². The van der Waals surface area contributed by atoms with Gasteiger partial charge in [0.05, 0.1) is 22.1 Å². The standard InChI is InChI=1S/C3H8N2OS/c1-3-5-4-2-7(3)6/h3-5H,2H2,1H3. The number of hydrazine groups is 1. The van der Waals surface area contributed by atoms with E-state index in [1.807, 2.05) is 6.92 Å². The predicted octanol–water partition coefficient (Wildman–Crippen LogP) is -0.854. The molecule has 0 aliphatic carbocycles. The number of nitrogens with one attached hydrogen (secondary N) is 2. The zero-order valence-electron chi connectivity index (χ0n) is 4.10. The van der Waals surface area contributed by atoms with E-state index < -0.39 is 10.8 Å². The number of rotatable bonds is 0. The molecule has 42 valence electrons. The Bertz CT molecular complexity index is 94.9. The Hall–Kier alpha value is 0.0700. The summed E-state index contributed by atoms with van der Waals surface area (Å²) in [6.45, 7) is 1.89. The van der Waals surface area contributed by atoms with Crippen molar-refractivity contribution >= 4 is 10.8 Å². The smallest absolute Gasteiger partial charge is 0.0949 e. The van der Waals surface area contributed by atoms with Crippen LogP contribution in [0.15, 0.2) is 0 Å². The first kappa shape index (κ1) is 5.21. The second-order valence-corrected chi connectivity index (χ2v) is 3.25. The van der Waals surface area contributed by atoms with Gasteiger partial charge in [-0.05, 0) is 6.92 Å². The van der Waals surface area contributed by atoms with Crippen molar-refractivity contribution in [3.63, 3.8) is 0 Å². The van der Waals surface area contributed by atoms with Gasteiger partial charge in [0.1, 0.15) is 0 Å². The first-order valence-corrected chi connectivity index (χ1v) is 3.54. The summed E-state index contributed by atoms with van der Waals surface area (Å²) in [5.41, 5.74) is 5.59. The van der Waals surface area contributed by atoms with Gasteiger partial charge in [0.25, 0.3) is 0 Å². The average Bonchev–Trinajstić information content (AvgIpc) is 1.91. The molecule has 1 aliphatic rings. The molecule has 0 amide bonds. The normalized spacial score (nSPS) is 41.9. The van der Waals surface area contributed by atoms with Crippen molar-refractivity contribution in [3.8, 4) is 0 Å². The fourth-order valence-corrected chi connectivity index (χ4v) is 1.14. The molecule has 1 aliphatic heterocycles. The zero-order chi connectivity index (χ0) is 5.28. The summed E-state index contributed by atoms with van der Waals surface area (Å²) in [4.78, 5) is 0. The van der Waals surface area contributed by atoms with E-state index in [4.69, 9.17) is 0 Å². The first-order chi connectivity index (χ1) is 3.30. The van der Waals surface area contributed by atoms with Gasteiger partial charge in [-0.1, -0.05) is 0 Å². The molecule has 2 atom stereocenters. The molecule has 0 aromatic heterocycles. The number of hydrogen-bond acceptors (Lipinski definition) is 3. The highest BCUT2D eigenvalue weighted by Gasteiger charge is 2.15. The second-order valence-electron chi connectivity index (χ2n) is 1.49. The summed E-state index contributed by atoms with van der Waals surface area (Å²) in [6.07, 6.45) is 0. The highest BCUT2D eigenvalue weighted by atomic mass is 32.2. The summed E-state index contributed by atoms with van der Waals surface area (Å²) in [7, 11) is -0.690. The van der Waals surface area contributed by atoms with Gasteiger partial charge in [-0.2, -0.15) is 0 Å². The van der Waals surface area contributed by atoms with Crippen molar-refractivity contribution < 1.29 is 4.21 Å². The molecule has 2 unspecified atom stereocenters. The summed E-state index contributed by atoms with van der Waals surface area (Å²) >= 11 is 0. The molecule has 0 aromatic carbocycles. The highest BCUT2D eigenvalue weighted by Crippen LogP contribution is 1.92. The van der Waals surface area contributed by atoms with E-state index in [0.29, 0.717) is 5.88 Å². The Kier molecular flexibility index (Phi) is 1.41. The van der Waals surface area contributed by atoms with Crippen LogP contribution in [0.5, 0.6) is 0 Å². The van der Waals surface area contributed by atoms with E-state index >= 15 is 0 Å². The lowest BCUT2D eigenvalue weighted by atomic mass is 10.8. The maximum absolute atomic E-state index is 10.6. The van der Waals surface area contributed by atoms with Crippen molar-refractivity contribution in [1.29, 1.82) is 0 Å². The second kappa shape index (κ2) is 1.90. The van der Waals surface area contributed by atoms with E-state index in [0.717, 1.165) is 0 Å². The molecule has 1 rings (SSSR count). The van der Waals surface area contributed by atoms with Gasteiger partial charge in [0.15, 0.2) is 0 Å². The van der Waals surface area contributed by atoms with Crippen LogP contribution < -0.4 is 10.9 Å². The third-order valence-corrected chi connectivity index (χ3v) is 2.25. The molecule has 7 heavy (non-hydrogen) atoms. The lowest BCUT2D eigenvalue weighted by Gasteiger charge is -1.93. The Labute approximate surface area is 44.9 Å². The average molecular weight is 120 g/mol. The van der Waals surface area contributed by atoms with Crippen LogP contribution in [0.25, 0.3) is 0 Å². The van der Waals surface area contributed by atoms with Crippen molar-refractivity contribution in [2.24, 2.45) is 0 Å². The van der Waals surface area contributed by atoms with Gasteiger partial charge < -0.3 is 0 Å². The third kappa shape index (κ3) is 0.992. The van der Waals surface area contributed by atoms with Gasteiger partial charge in [0, 0.05) is 0 Å². The molecule has 1 heterocycles. The van der Waals surface area contributed by atoms with Crippen LogP contribution in [0, 0.1) is 0 Å².